The molecule has 1 saturated heterocycles. The van der Waals surface area contributed by atoms with Crippen LogP contribution < -0.4 is 5.73 Å². The van der Waals surface area contributed by atoms with Gasteiger partial charge in [-0.15, -0.1) is 0 Å². The molecule has 172 valence electrons. The molecule has 29 heavy (non-hydrogen) atoms. The third kappa shape index (κ3) is 8.99. The number of ether oxygens (including phenoxy) is 5. The van der Waals surface area contributed by atoms with Gasteiger partial charge in [0, 0.05) is 33.4 Å². The third-order valence-electron chi connectivity index (χ3n) is 5.19. The van der Waals surface area contributed by atoms with Crippen LogP contribution in [0.2, 0.25) is 0 Å². The van der Waals surface area contributed by atoms with Crippen molar-refractivity contribution in [2.45, 2.75) is 90.3 Å². The lowest BCUT2D eigenvalue weighted by Crippen LogP contribution is -2.60. The lowest BCUT2D eigenvalue weighted by molar-refractivity contribution is -0.295. The standard InChI is InChI=1S/C22H43NO6/c1-5-8-13-26-16-18-20(27-14-9-6-2)19(17(24)11-12-23)21(22(25-4)29-18)28-15-10-7-3/h18-22H,5-16,23H2,1-4H3/t18?,19?,20-,21-,22+/m0/s1. The molecule has 1 rings (SSSR count). The zero-order valence-corrected chi connectivity index (χ0v) is 18.9. The van der Waals surface area contributed by atoms with Gasteiger partial charge in [0.15, 0.2) is 6.29 Å². The Balaban J connectivity index is 3.04. The minimum absolute atomic E-state index is 0.0411. The summed E-state index contributed by atoms with van der Waals surface area (Å²) in [5.74, 6) is -0.440. The molecule has 0 aromatic rings. The van der Waals surface area contributed by atoms with E-state index >= 15 is 0 Å². The average molecular weight is 418 g/mol. The summed E-state index contributed by atoms with van der Waals surface area (Å²) >= 11 is 0. The van der Waals surface area contributed by atoms with Gasteiger partial charge in [-0.2, -0.15) is 0 Å². The summed E-state index contributed by atoms with van der Waals surface area (Å²) in [6.45, 7) is 8.79. The largest absolute Gasteiger partial charge is 0.379 e. The second-order valence-electron chi connectivity index (χ2n) is 7.62. The fourth-order valence-electron chi connectivity index (χ4n) is 3.48. The van der Waals surface area contributed by atoms with E-state index in [4.69, 9.17) is 29.4 Å². The molecule has 0 spiro atoms. The van der Waals surface area contributed by atoms with Crippen molar-refractivity contribution in [3.8, 4) is 0 Å². The molecule has 1 fully saturated rings. The Bertz CT molecular complexity index is 422. The van der Waals surface area contributed by atoms with E-state index in [2.05, 4.69) is 20.8 Å². The van der Waals surface area contributed by atoms with Gasteiger partial charge in [0.25, 0.3) is 0 Å². The second kappa shape index (κ2) is 16.2. The number of rotatable bonds is 17. The molecule has 0 radical (unpaired) electrons. The van der Waals surface area contributed by atoms with Gasteiger partial charge in [0.1, 0.15) is 18.0 Å². The van der Waals surface area contributed by atoms with Gasteiger partial charge in [-0.05, 0) is 25.8 Å². The van der Waals surface area contributed by atoms with E-state index in [9.17, 15) is 4.79 Å². The number of carbonyl (C=O) groups is 1. The van der Waals surface area contributed by atoms with Crippen LogP contribution in [-0.2, 0) is 28.5 Å². The summed E-state index contributed by atoms with van der Waals surface area (Å²) < 4.78 is 29.9. The minimum Gasteiger partial charge on any atom is -0.379 e. The van der Waals surface area contributed by atoms with E-state index in [1.165, 1.54) is 0 Å². The van der Waals surface area contributed by atoms with Crippen molar-refractivity contribution >= 4 is 5.78 Å². The van der Waals surface area contributed by atoms with Gasteiger partial charge in [-0.3, -0.25) is 4.79 Å². The smallest absolute Gasteiger partial charge is 0.184 e. The lowest BCUT2D eigenvalue weighted by atomic mass is 9.84. The fourth-order valence-corrected chi connectivity index (χ4v) is 3.48. The van der Waals surface area contributed by atoms with Crippen molar-refractivity contribution in [3.05, 3.63) is 0 Å². The van der Waals surface area contributed by atoms with Crippen LogP contribution in [0, 0.1) is 5.92 Å². The third-order valence-corrected chi connectivity index (χ3v) is 5.19. The van der Waals surface area contributed by atoms with Crippen LogP contribution in [0.4, 0.5) is 0 Å². The van der Waals surface area contributed by atoms with Gasteiger partial charge in [0.05, 0.1) is 18.6 Å². The molecule has 0 amide bonds. The molecule has 5 atom stereocenters. The van der Waals surface area contributed by atoms with Crippen LogP contribution in [-0.4, -0.2) is 70.5 Å². The molecule has 7 heteroatoms. The number of unbranched alkanes of at least 4 members (excludes halogenated alkanes) is 3. The maximum absolute atomic E-state index is 13.1. The van der Waals surface area contributed by atoms with Crippen molar-refractivity contribution in [1.82, 2.24) is 0 Å². The summed E-state index contributed by atoms with van der Waals surface area (Å²) in [4.78, 5) is 13.1. The van der Waals surface area contributed by atoms with E-state index in [0.717, 1.165) is 38.5 Å². The van der Waals surface area contributed by atoms with Gasteiger partial charge in [-0.1, -0.05) is 40.0 Å². The zero-order chi connectivity index (χ0) is 21.5. The number of hydrogen-bond acceptors (Lipinski definition) is 7. The molecule has 0 aromatic heterocycles. The van der Waals surface area contributed by atoms with Gasteiger partial charge in [-0.25, -0.2) is 0 Å². The zero-order valence-electron chi connectivity index (χ0n) is 18.9. The number of ketones is 1. The Labute approximate surface area is 176 Å². The molecule has 1 heterocycles. The number of Topliss-reactive ketones (excluding diaryl/α,β-unsaturated/α-hetero) is 1. The van der Waals surface area contributed by atoms with Crippen LogP contribution in [0.1, 0.15) is 65.7 Å². The first-order chi connectivity index (χ1) is 14.1. The topological polar surface area (TPSA) is 89.2 Å². The Kier molecular flexibility index (Phi) is 14.8. The number of methoxy groups -OCH3 is 1. The highest BCUT2D eigenvalue weighted by Crippen LogP contribution is 2.33. The van der Waals surface area contributed by atoms with E-state index in [-0.39, 0.29) is 18.3 Å². The van der Waals surface area contributed by atoms with Crippen LogP contribution in [0.25, 0.3) is 0 Å². The highest BCUT2D eigenvalue weighted by Gasteiger charge is 2.50. The molecule has 0 saturated carbocycles. The molecule has 1 aliphatic heterocycles. The predicted molar refractivity (Wildman–Crippen MR) is 113 cm³/mol. The quantitative estimate of drug-likeness (QED) is 0.364. The molecule has 7 nitrogen and oxygen atoms in total. The van der Waals surface area contributed by atoms with E-state index in [0.29, 0.717) is 33.0 Å². The normalized spacial score (nSPS) is 27.3. The molecule has 1 aliphatic rings. The fraction of sp³-hybridized carbons (Fsp3) is 0.955. The Morgan fingerprint density at radius 2 is 1.52 bits per heavy atom. The van der Waals surface area contributed by atoms with Crippen LogP contribution in [0.3, 0.4) is 0 Å². The molecule has 0 aliphatic carbocycles. The van der Waals surface area contributed by atoms with Crippen LogP contribution in [0.5, 0.6) is 0 Å². The molecule has 0 aromatic carbocycles. The van der Waals surface area contributed by atoms with E-state index in [1.54, 1.807) is 7.11 Å². The van der Waals surface area contributed by atoms with E-state index < -0.39 is 24.4 Å². The monoisotopic (exact) mass is 417 g/mol. The van der Waals surface area contributed by atoms with E-state index in [1.807, 2.05) is 0 Å². The summed E-state index contributed by atoms with van der Waals surface area (Å²) in [6, 6.07) is 0. The summed E-state index contributed by atoms with van der Waals surface area (Å²) in [7, 11) is 1.58. The SMILES string of the molecule is CCCCOCC1O[C@@H](OC)[C@@H](OCCCC)C(C(=O)CCN)[C@H]1OCCCC. The van der Waals surface area contributed by atoms with Crippen LogP contribution >= 0.6 is 0 Å². The van der Waals surface area contributed by atoms with Crippen molar-refractivity contribution in [1.29, 1.82) is 0 Å². The second-order valence-corrected chi connectivity index (χ2v) is 7.62. The van der Waals surface area contributed by atoms with Crippen molar-refractivity contribution in [3.63, 3.8) is 0 Å². The Morgan fingerprint density at radius 1 is 0.931 bits per heavy atom. The Hall–Kier alpha value is -0.570. The highest BCUT2D eigenvalue weighted by atomic mass is 16.7. The van der Waals surface area contributed by atoms with Gasteiger partial charge in [0.2, 0.25) is 0 Å². The molecular formula is C22H43NO6. The maximum atomic E-state index is 13.1. The number of nitrogens with two attached hydrogens (primary N) is 1. The first-order valence-electron chi connectivity index (χ1n) is 11.4. The maximum Gasteiger partial charge on any atom is 0.184 e. The average Bonchev–Trinajstić information content (AvgIpc) is 2.72. The first kappa shape index (κ1) is 26.5. The van der Waals surface area contributed by atoms with Gasteiger partial charge < -0.3 is 29.4 Å². The van der Waals surface area contributed by atoms with Crippen molar-refractivity contribution in [2.75, 3.05) is 40.1 Å². The summed E-state index contributed by atoms with van der Waals surface area (Å²) in [5, 5.41) is 0. The summed E-state index contributed by atoms with van der Waals surface area (Å²) in [5.41, 5.74) is 5.70. The van der Waals surface area contributed by atoms with Crippen molar-refractivity contribution < 1.29 is 28.5 Å². The molecule has 2 unspecified atom stereocenters. The Morgan fingerprint density at radius 3 is 2.07 bits per heavy atom. The first-order valence-corrected chi connectivity index (χ1v) is 11.4. The minimum atomic E-state index is -0.635. The van der Waals surface area contributed by atoms with Crippen LogP contribution in [0.15, 0.2) is 0 Å². The molecule has 2 N–H and O–H groups in total. The highest BCUT2D eigenvalue weighted by molar-refractivity contribution is 5.82. The molecular weight excluding hydrogens is 374 g/mol. The predicted octanol–water partition coefficient (Wildman–Crippen LogP) is 3.08. The lowest BCUT2D eigenvalue weighted by Gasteiger charge is -2.45. The summed E-state index contributed by atoms with van der Waals surface area (Å²) in [6.07, 6.45) is 4.24. The van der Waals surface area contributed by atoms with Crippen molar-refractivity contribution in [2.24, 2.45) is 11.7 Å². The number of hydrogen-bond donors (Lipinski definition) is 1. The molecule has 0 bridgehead atoms. The number of carbonyl (C=O) groups excluding carboxylic acids is 1. The van der Waals surface area contributed by atoms with Gasteiger partial charge >= 0.3 is 0 Å².